The molecule has 0 amide bonds. The van der Waals surface area contributed by atoms with Crippen LogP contribution in [0.25, 0.3) is 67.2 Å². The van der Waals surface area contributed by atoms with Crippen LogP contribution >= 0.6 is 0 Å². The molecule has 1 radical (unpaired) electrons. The third kappa shape index (κ3) is 5.07. The van der Waals surface area contributed by atoms with E-state index in [0.717, 1.165) is 10.8 Å². The summed E-state index contributed by atoms with van der Waals surface area (Å²) in [5.74, 6) is 0.575. The molecule has 0 saturated heterocycles. The Morgan fingerprint density at radius 3 is 1.90 bits per heavy atom. The monoisotopic (exact) mass is 601 g/mol. The van der Waals surface area contributed by atoms with Gasteiger partial charge in [0.1, 0.15) is 0 Å². The minimum atomic E-state index is -0.635. The van der Waals surface area contributed by atoms with Crippen molar-refractivity contribution in [3.8, 4) is 56.4 Å². The fraction of sp³-hybridized carbons (Fsp3) is 0. The van der Waals surface area contributed by atoms with E-state index in [1.54, 1.807) is 0 Å². The predicted molar refractivity (Wildman–Crippen MR) is 170 cm³/mol. The second-order valence-corrected chi connectivity index (χ2v) is 9.89. The van der Waals surface area contributed by atoms with Gasteiger partial charge in [0.15, 0.2) is 0 Å². The van der Waals surface area contributed by atoms with Gasteiger partial charge in [-0.25, -0.2) is 0 Å². The fourth-order valence-electron chi connectivity index (χ4n) is 4.44. The van der Waals surface area contributed by atoms with Crippen LogP contribution in [-0.2, 0) is 0 Å². The number of hydrogen-bond donors (Lipinski definition) is 0. The average Bonchev–Trinajstić information content (AvgIpc) is 3.16. The summed E-state index contributed by atoms with van der Waals surface area (Å²) in [5.41, 5.74) is 0.597. The summed E-state index contributed by atoms with van der Waals surface area (Å²) >= 11 is 2.88. The molecular formula is C37H24N3Se. The van der Waals surface area contributed by atoms with E-state index in [4.69, 9.17) is 30.0 Å². The molecule has 0 atom stereocenters. The minimum absolute atomic E-state index is 0.00564. The zero-order chi connectivity index (χ0) is 37.2. The van der Waals surface area contributed by atoms with Crippen LogP contribution in [-0.4, -0.2) is 31.0 Å². The van der Waals surface area contributed by atoms with Gasteiger partial charge in [0.05, 0.1) is 0 Å². The molecule has 0 fully saturated rings. The molecule has 1 heterocycles. The van der Waals surface area contributed by atoms with Gasteiger partial charge < -0.3 is 0 Å². The molecule has 7 rings (SSSR count). The average molecular weight is 601 g/mol. The third-order valence-corrected chi connectivity index (χ3v) is 7.31. The van der Waals surface area contributed by atoms with Crippen molar-refractivity contribution in [3.63, 3.8) is 0 Å². The van der Waals surface area contributed by atoms with Crippen LogP contribution < -0.4 is 4.46 Å². The Kier molecular flexibility index (Phi) is 4.21. The van der Waals surface area contributed by atoms with Crippen LogP contribution in [0.3, 0.4) is 0 Å². The van der Waals surface area contributed by atoms with Crippen molar-refractivity contribution in [2.75, 3.05) is 0 Å². The maximum atomic E-state index is 9.01. The fourth-order valence-corrected chi connectivity index (χ4v) is 5.08. The summed E-state index contributed by atoms with van der Waals surface area (Å²) in [6.45, 7) is 0. The first-order chi connectivity index (χ1) is 24.8. The summed E-state index contributed by atoms with van der Waals surface area (Å²) in [4.78, 5) is 14.3. The molecule has 0 bridgehead atoms. The quantitative estimate of drug-likeness (QED) is 0.187. The van der Waals surface area contributed by atoms with Crippen LogP contribution in [0.5, 0.6) is 0 Å². The van der Waals surface area contributed by atoms with Crippen LogP contribution in [0.15, 0.2) is 145 Å². The third-order valence-electron chi connectivity index (χ3n) is 6.45. The molecule has 4 heteroatoms. The Bertz CT molecular complexity index is 2590. The van der Waals surface area contributed by atoms with E-state index in [2.05, 4.69) is 16.0 Å². The van der Waals surface area contributed by atoms with E-state index < -0.39 is 60.4 Å². The summed E-state index contributed by atoms with van der Waals surface area (Å²) in [6.07, 6.45) is 0. The van der Waals surface area contributed by atoms with Crippen molar-refractivity contribution in [3.05, 3.63) is 145 Å². The van der Waals surface area contributed by atoms with Gasteiger partial charge in [0.2, 0.25) is 0 Å². The first-order valence-electron chi connectivity index (χ1n) is 18.1. The SMILES string of the molecule is [2H]c1c(-c2c([2H])c([2H])c([2H])c([2H])c2[2H])cc(-c2c([2H])c([2H])c([2H])c(-c3nc(-c4ccccc4)nc(-c4ccc5ccccc5c4)n3)c2[Se])c([2H])c1[2H]. The first kappa shape index (κ1) is 15.8. The van der Waals surface area contributed by atoms with Gasteiger partial charge in [-0.1, -0.05) is 0 Å². The van der Waals surface area contributed by atoms with Crippen LogP contribution in [0.2, 0.25) is 0 Å². The van der Waals surface area contributed by atoms with Gasteiger partial charge in [-0.3, -0.25) is 0 Å². The molecule has 193 valence electrons. The molecule has 1 aromatic heterocycles. The van der Waals surface area contributed by atoms with Crippen molar-refractivity contribution in [1.82, 2.24) is 15.0 Å². The number of aromatic nitrogens is 3. The molecule has 0 aliphatic heterocycles. The number of benzene rings is 6. The summed E-state index contributed by atoms with van der Waals surface area (Å²) in [7, 11) is 0. The van der Waals surface area contributed by atoms with E-state index in [1.807, 2.05) is 72.8 Å². The Labute approximate surface area is 262 Å². The van der Waals surface area contributed by atoms with Gasteiger partial charge in [-0.05, 0) is 0 Å². The number of hydrogen-bond acceptors (Lipinski definition) is 3. The van der Waals surface area contributed by atoms with Gasteiger partial charge >= 0.3 is 263 Å². The second-order valence-electron chi connectivity index (χ2n) is 9.03. The van der Waals surface area contributed by atoms with Gasteiger partial charge in [0, 0.05) is 0 Å². The molecule has 41 heavy (non-hydrogen) atoms. The topological polar surface area (TPSA) is 38.7 Å². The van der Waals surface area contributed by atoms with E-state index >= 15 is 0 Å². The number of fused-ring (bicyclic) bond motifs is 1. The molecular weight excluding hydrogens is 565 g/mol. The molecule has 0 N–H and O–H groups in total. The molecule has 0 saturated carbocycles. The molecule has 0 aliphatic rings. The van der Waals surface area contributed by atoms with Crippen molar-refractivity contribution in [1.29, 1.82) is 0 Å². The van der Waals surface area contributed by atoms with Crippen molar-refractivity contribution >= 4 is 31.2 Å². The standard InChI is InChI=1S/C37H24N3Se/c41-34-32(30-18-9-17-29(23-30)25-11-3-1-4-12-25)19-10-20-33(34)37-39-35(27-14-5-2-6-15-27)38-36(40-37)31-22-21-26-13-7-8-16-28(26)24-31/h1-24H/i1D,3D,4D,9D,10D,11D,12D,17D,18D,19D,20D. The van der Waals surface area contributed by atoms with Crippen molar-refractivity contribution in [2.24, 2.45) is 0 Å². The van der Waals surface area contributed by atoms with E-state index in [1.165, 1.54) is 6.07 Å². The molecule has 3 nitrogen and oxygen atoms in total. The van der Waals surface area contributed by atoms with Crippen molar-refractivity contribution in [2.45, 2.75) is 0 Å². The molecule has 6 aromatic carbocycles. The normalized spacial score (nSPS) is 14.8. The Balaban J connectivity index is 1.52. The van der Waals surface area contributed by atoms with Gasteiger partial charge in [-0.15, -0.1) is 0 Å². The molecule has 0 spiro atoms. The van der Waals surface area contributed by atoms with Crippen LogP contribution in [0.1, 0.15) is 15.1 Å². The summed E-state index contributed by atoms with van der Waals surface area (Å²) in [5, 5.41) is 1.96. The van der Waals surface area contributed by atoms with Crippen LogP contribution in [0, 0.1) is 0 Å². The predicted octanol–water partition coefficient (Wildman–Crippen LogP) is 8.15. The molecule has 0 aliphatic carbocycles. The van der Waals surface area contributed by atoms with Gasteiger partial charge in [0.25, 0.3) is 0 Å². The first-order valence-corrected chi connectivity index (χ1v) is 13.5. The Morgan fingerprint density at radius 1 is 0.439 bits per heavy atom. The van der Waals surface area contributed by atoms with E-state index in [-0.39, 0.29) is 55.8 Å². The van der Waals surface area contributed by atoms with E-state index in [9.17, 15) is 0 Å². The zero-order valence-corrected chi connectivity index (χ0v) is 23.0. The molecule has 7 aromatic rings. The summed E-state index contributed by atoms with van der Waals surface area (Å²) < 4.78 is 94.4. The number of nitrogens with zero attached hydrogens (tertiary/aromatic N) is 3. The molecule has 0 unspecified atom stereocenters. The zero-order valence-electron chi connectivity index (χ0n) is 32.3. The van der Waals surface area contributed by atoms with Crippen LogP contribution in [0.4, 0.5) is 0 Å². The Morgan fingerprint density at radius 2 is 1.07 bits per heavy atom. The Hall–Kier alpha value is -4.89. The second kappa shape index (κ2) is 10.9. The van der Waals surface area contributed by atoms with Gasteiger partial charge in [-0.2, -0.15) is 0 Å². The maximum absolute atomic E-state index is 9.01. The summed E-state index contributed by atoms with van der Waals surface area (Å²) in [6, 6.07) is 17.8. The van der Waals surface area contributed by atoms with E-state index in [0.29, 0.717) is 11.1 Å². The number of rotatable bonds is 5. The van der Waals surface area contributed by atoms with Crippen molar-refractivity contribution < 1.29 is 15.1 Å².